The van der Waals surface area contributed by atoms with E-state index in [0.29, 0.717) is 25.9 Å². The number of carbonyl (C=O) groups excluding carboxylic acids is 1. The highest BCUT2D eigenvalue weighted by Crippen LogP contribution is 2.23. The van der Waals surface area contributed by atoms with Gasteiger partial charge in [-0.3, -0.25) is 4.79 Å². The molecule has 0 aliphatic carbocycles. The molecule has 1 saturated heterocycles. The molecule has 2 rings (SSSR count). The third-order valence-electron chi connectivity index (χ3n) is 3.90. The van der Waals surface area contributed by atoms with Gasteiger partial charge in [-0.15, -0.1) is 0 Å². The zero-order valence-corrected chi connectivity index (χ0v) is 12.6. The van der Waals surface area contributed by atoms with Crippen LogP contribution in [-0.4, -0.2) is 36.5 Å². The van der Waals surface area contributed by atoms with Crippen LogP contribution in [0, 0.1) is 29.1 Å². The molecule has 128 valence electrons. The van der Waals surface area contributed by atoms with Crippen molar-refractivity contribution in [2.45, 2.75) is 32.2 Å². The van der Waals surface area contributed by atoms with Crippen LogP contribution in [0.2, 0.25) is 0 Å². The van der Waals surface area contributed by atoms with Crippen LogP contribution < -0.4 is 5.32 Å². The van der Waals surface area contributed by atoms with Crippen molar-refractivity contribution >= 4 is 5.91 Å². The number of piperidine rings is 1. The largest absolute Gasteiger partial charge is 0.349 e. The highest BCUT2D eigenvalue weighted by molar-refractivity contribution is 5.95. The zero-order valence-electron chi connectivity index (χ0n) is 12.6. The molecule has 0 radical (unpaired) electrons. The molecule has 0 spiro atoms. The first-order valence-corrected chi connectivity index (χ1v) is 7.41. The summed E-state index contributed by atoms with van der Waals surface area (Å²) < 4.78 is 66.4. The summed E-state index contributed by atoms with van der Waals surface area (Å²) in [4.78, 5) is 14.1. The van der Waals surface area contributed by atoms with E-state index in [1.54, 1.807) is 0 Å². The Morgan fingerprint density at radius 3 is 1.96 bits per heavy atom. The summed E-state index contributed by atoms with van der Waals surface area (Å²) in [5.74, 6) is -12.0. The summed E-state index contributed by atoms with van der Waals surface area (Å²) in [6.07, 6.45) is 2.10. The number of halogens is 5. The van der Waals surface area contributed by atoms with Gasteiger partial charge in [-0.2, -0.15) is 0 Å². The molecular formula is C15H17F5N2O. The first-order chi connectivity index (χ1) is 10.9. The zero-order chi connectivity index (χ0) is 17.1. The molecule has 1 aliphatic heterocycles. The molecule has 1 amide bonds. The third kappa shape index (κ3) is 3.63. The van der Waals surface area contributed by atoms with Crippen LogP contribution in [0.25, 0.3) is 0 Å². The number of hydrogen-bond donors (Lipinski definition) is 1. The van der Waals surface area contributed by atoms with Gasteiger partial charge in [0.2, 0.25) is 5.82 Å². The van der Waals surface area contributed by atoms with Gasteiger partial charge in [0.1, 0.15) is 5.56 Å². The molecule has 1 N–H and O–H groups in total. The smallest absolute Gasteiger partial charge is 0.257 e. The lowest BCUT2D eigenvalue weighted by Crippen LogP contribution is -2.45. The summed E-state index contributed by atoms with van der Waals surface area (Å²) in [6.45, 7) is 4.36. The van der Waals surface area contributed by atoms with Crippen LogP contribution in [0.15, 0.2) is 0 Å². The monoisotopic (exact) mass is 336 g/mol. The van der Waals surface area contributed by atoms with Crippen molar-refractivity contribution in [1.29, 1.82) is 0 Å². The average molecular weight is 336 g/mol. The van der Waals surface area contributed by atoms with Gasteiger partial charge in [-0.1, -0.05) is 6.92 Å². The predicted octanol–water partition coefficient (Wildman–Crippen LogP) is 2.99. The fraction of sp³-hybridized carbons (Fsp3) is 0.533. The molecule has 1 aromatic rings. The Morgan fingerprint density at radius 1 is 1.00 bits per heavy atom. The maximum absolute atomic E-state index is 13.6. The summed E-state index contributed by atoms with van der Waals surface area (Å²) in [5.41, 5.74) is -1.43. The van der Waals surface area contributed by atoms with Crippen LogP contribution in [0.4, 0.5) is 22.0 Å². The lowest BCUT2D eigenvalue weighted by atomic mass is 10.0. The summed E-state index contributed by atoms with van der Waals surface area (Å²) in [7, 11) is 0. The van der Waals surface area contributed by atoms with Crippen molar-refractivity contribution in [1.82, 2.24) is 10.2 Å². The SMILES string of the molecule is CCCN1CCC(NC(=O)c2c(F)c(F)c(F)c(F)c2F)CC1. The van der Waals surface area contributed by atoms with Crippen LogP contribution in [0.1, 0.15) is 36.5 Å². The van der Waals surface area contributed by atoms with E-state index in [4.69, 9.17) is 0 Å². The van der Waals surface area contributed by atoms with E-state index >= 15 is 0 Å². The van der Waals surface area contributed by atoms with Crippen LogP contribution in [-0.2, 0) is 0 Å². The number of hydrogen-bond acceptors (Lipinski definition) is 2. The first kappa shape index (κ1) is 17.7. The minimum Gasteiger partial charge on any atom is -0.349 e. The number of nitrogens with one attached hydrogen (secondary N) is 1. The maximum atomic E-state index is 13.6. The molecule has 0 aromatic heterocycles. The molecule has 0 unspecified atom stereocenters. The molecule has 1 aliphatic rings. The minimum absolute atomic E-state index is 0.356. The van der Waals surface area contributed by atoms with E-state index in [-0.39, 0.29) is 6.04 Å². The van der Waals surface area contributed by atoms with E-state index in [9.17, 15) is 26.7 Å². The quantitative estimate of drug-likeness (QED) is 0.521. The molecule has 8 heteroatoms. The molecule has 3 nitrogen and oxygen atoms in total. The van der Waals surface area contributed by atoms with E-state index in [1.165, 1.54) is 0 Å². The Kier molecular flexibility index (Phi) is 5.56. The van der Waals surface area contributed by atoms with Gasteiger partial charge < -0.3 is 10.2 Å². The van der Waals surface area contributed by atoms with E-state index < -0.39 is 40.6 Å². The van der Waals surface area contributed by atoms with Crippen molar-refractivity contribution in [3.05, 3.63) is 34.6 Å². The highest BCUT2D eigenvalue weighted by atomic mass is 19.2. The van der Waals surface area contributed by atoms with Gasteiger partial charge in [-0.05, 0) is 25.8 Å². The van der Waals surface area contributed by atoms with E-state index in [1.807, 2.05) is 6.92 Å². The van der Waals surface area contributed by atoms with Crippen LogP contribution in [0.5, 0.6) is 0 Å². The van der Waals surface area contributed by atoms with Crippen molar-refractivity contribution in [2.24, 2.45) is 0 Å². The standard InChI is InChI=1S/C15H17F5N2O/c1-2-5-22-6-3-8(4-7-22)21-15(23)9-10(16)12(18)14(20)13(19)11(9)17/h8H,2-7H2,1H3,(H,21,23). The number of nitrogens with zero attached hydrogens (tertiary/aromatic N) is 1. The van der Waals surface area contributed by atoms with Crippen LogP contribution >= 0.6 is 0 Å². The van der Waals surface area contributed by atoms with Gasteiger partial charge in [0.15, 0.2) is 23.3 Å². The maximum Gasteiger partial charge on any atom is 0.257 e. The van der Waals surface area contributed by atoms with Crippen molar-refractivity contribution in [2.75, 3.05) is 19.6 Å². The summed E-state index contributed by atoms with van der Waals surface area (Å²) >= 11 is 0. The lowest BCUT2D eigenvalue weighted by Gasteiger charge is -2.32. The Bertz CT molecular complexity index is 571. The Morgan fingerprint density at radius 2 is 1.48 bits per heavy atom. The van der Waals surface area contributed by atoms with Crippen molar-refractivity contribution < 1.29 is 26.7 Å². The van der Waals surface area contributed by atoms with E-state index in [2.05, 4.69) is 10.2 Å². The average Bonchev–Trinajstić information content (AvgIpc) is 2.53. The number of amides is 1. The molecule has 1 aromatic carbocycles. The van der Waals surface area contributed by atoms with Crippen molar-refractivity contribution in [3.8, 4) is 0 Å². The Labute approximate surface area is 130 Å². The number of benzene rings is 1. The second kappa shape index (κ2) is 7.25. The second-order valence-electron chi connectivity index (χ2n) is 5.53. The summed E-state index contributed by atoms with van der Waals surface area (Å²) in [6, 6.07) is -0.356. The van der Waals surface area contributed by atoms with Gasteiger partial charge in [0.25, 0.3) is 5.91 Å². The molecule has 1 fully saturated rings. The predicted molar refractivity (Wildman–Crippen MR) is 73.5 cm³/mol. The van der Waals surface area contributed by atoms with Gasteiger partial charge in [-0.25, -0.2) is 22.0 Å². The normalized spacial score (nSPS) is 16.6. The van der Waals surface area contributed by atoms with Crippen molar-refractivity contribution in [3.63, 3.8) is 0 Å². The molecule has 0 saturated carbocycles. The first-order valence-electron chi connectivity index (χ1n) is 7.41. The number of rotatable bonds is 4. The van der Waals surface area contributed by atoms with Gasteiger partial charge in [0, 0.05) is 19.1 Å². The number of likely N-dealkylation sites (tertiary alicyclic amines) is 1. The minimum atomic E-state index is -2.27. The third-order valence-corrected chi connectivity index (χ3v) is 3.90. The highest BCUT2D eigenvalue weighted by Gasteiger charge is 2.31. The molecule has 0 atom stereocenters. The fourth-order valence-corrected chi connectivity index (χ4v) is 2.68. The molecule has 23 heavy (non-hydrogen) atoms. The van der Waals surface area contributed by atoms with Gasteiger partial charge >= 0.3 is 0 Å². The fourth-order valence-electron chi connectivity index (χ4n) is 2.68. The summed E-state index contributed by atoms with van der Waals surface area (Å²) in [5, 5.41) is 2.35. The topological polar surface area (TPSA) is 32.3 Å². The van der Waals surface area contributed by atoms with Gasteiger partial charge in [0.05, 0.1) is 0 Å². The Balaban J connectivity index is 2.11. The second-order valence-corrected chi connectivity index (χ2v) is 5.53. The van der Waals surface area contributed by atoms with E-state index in [0.717, 1.165) is 13.0 Å². The molecule has 0 bridgehead atoms. The van der Waals surface area contributed by atoms with Crippen LogP contribution in [0.3, 0.4) is 0 Å². The lowest BCUT2D eigenvalue weighted by molar-refractivity contribution is 0.0899. The Hall–Kier alpha value is -1.70. The molecule has 1 heterocycles. The number of carbonyl (C=O) groups is 1. The molecular weight excluding hydrogens is 319 g/mol.